The number of hydrogen-bond acceptors (Lipinski definition) is 4. The summed E-state index contributed by atoms with van der Waals surface area (Å²) in [4.78, 5) is 0. The first-order valence-corrected chi connectivity index (χ1v) is 7.97. The molecule has 0 radical (unpaired) electrons. The number of benzene rings is 1. The minimum Gasteiger partial charge on any atom is -0.495 e. The number of nitrogens with one attached hydrogen (secondary N) is 1. The van der Waals surface area contributed by atoms with Crippen LogP contribution in [0.25, 0.3) is 0 Å². The van der Waals surface area contributed by atoms with Gasteiger partial charge in [-0.25, -0.2) is 8.42 Å². The molecule has 3 N–H and O–H groups in total. The molecule has 0 spiro atoms. The lowest BCUT2D eigenvalue weighted by atomic mass is 10.2. The van der Waals surface area contributed by atoms with Crippen molar-refractivity contribution in [3.63, 3.8) is 0 Å². The molecule has 0 bridgehead atoms. The number of sulfonamides is 1. The van der Waals surface area contributed by atoms with Gasteiger partial charge in [-0.3, -0.25) is 4.72 Å². The lowest BCUT2D eigenvalue weighted by Gasteiger charge is -2.13. The molecule has 19 heavy (non-hydrogen) atoms. The molecular formula is C12H19ClN2O3S. The van der Waals surface area contributed by atoms with Crippen molar-refractivity contribution in [1.82, 2.24) is 0 Å². The van der Waals surface area contributed by atoms with E-state index in [4.69, 9.17) is 22.1 Å². The van der Waals surface area contributed by atoms with E-state index in [0.29, 0.717) is 35.8 Å². The number of anilines is 1. The van der Waals surface area contributed by atoms with Crippen molar-refractivity contribution in [3.8, 4) is 5.75 Å². The molecule has 5 nitrogen and oxygen atoms in total. The zero-order valence-electron chi connectivity index (χ0n) is 11.1. The third-order valence-electron chi connectivity index (χ3n) is 2.61. The Morgan fingerprint density at radius 3 is 2.63 bits per heavy atom. The second-order valence-corrected chi connectivity index (χ2v) is 6.47. The largest absolute Gasteiger partial charge is 0.495 e. The maximum absolute atomic E-state index is 11.9. The molecule has 0 aromatic heterocycles. The van der Waals surface area contributed by atoms with Crippen LogP contribution in [0.3, 0.4) is 0 Å². The van der Waals surface area contributed by atoms with E-state index >= 15 is 0 Å². The molecule has 1 aromatic carbocycles. The van der Waals surface area contributed by atoms with Crippen molar-refractivity contribution >= 4 is 27.3 Å². The average molecular weight is 307 g/mol. The summed E-state index contributed by atoms with van der Waals surface area (Å²) in [6.45, 7) is 2.28. The van der Waals surface area contributed by atoms with Crippen LogP contribution >= 0.6 is 11.6 Å². The third kappa shape index (κ3) is 4.89. The highest BCUT2D eigenvalue weighted by atomic mass is 35.5. The zero-order valence-corrected chi connectivity index (χ0v) is 12.6. The number of methoxy groups -OCH3 is 1. The molecule has 7 heteroatoms. The molecule has 1 aromatic rings. The number of unbranched alkanes of at least 4 members (excludes halogenated alkanes) is 1. The topological polar surface area (TPSA) is 81.4 Å². The average Bonchev–Trinajstić information content (AvgIpc) is 2.33. The molecule has 0 saturated heterocycles. The van der Waals surface area contributed by atoms with Crippen LogP contribution in [-0.2, 0) is 10.0 Å². The molecule has 0 aliphatic rings. The fourth-order valence-corrected chi connectivity index (χ4v) is 2.90. The molecule has 108 valence electrons. The summed E-state index contributed by atoms with van der Waals surface area (Å²) in [5.74, 6) is 0.438. The molecule has 0 aliphatic carbocycles. The van der Waals surface area contributed by atoms with E-state index in [0.717, 1.165) is 5.56 Å². The number of hydrogen-bond donors (Lipinski definition) is 2. The maximum Gasteiger partial charge on any atom is 0.232 e. The summed E-state index contributed by atoms with van der Waals surface area (Å²) < 4.78 is 31.4. The first kappa shape index (κ1) is 16.1. The lowest BCUT2D eigenvalue weighted by Crippen LogP contribution is -2.18. The van der Waals surface area contributed by atoms with E-state index in [2.05, 4.69) is 4.72 Å². The SMILES string of the molecule is COc1cc(Cl)c(C)cc1NS(=O)(=O)CCCCN. The minimum absolute atomic E-state index is 0.0367. The summed E-state index contributed by atoms with van der Waals surface area (Å²) in [6, 6.07) is 3.25. The van der Waals surface area contributed by atoms with Crippen molar-refractivity contribution in [1.29, 1.82) is 0 Å². The fourth-order valence-electron chi connectivity index (χ4n) is 1.57. The number of aryl methyl sites for hydroxylation is 1. The van der Waals surface area contributed by atoms with E-state index in [1.54, 1.807) is 19.1 Å². The summed E-state index contributed by atoms with van der Waals surface area (Å²) in [5, 5.41) is 0.530. The number of ether oxygens (including phenoxy) is 1. The van der Waals surface area contributed by atoms with Gasteiger partial charge in [0, 0.05) is 11.1 Å². The van der Waals surface area contributed by atoms with Gasteiger partial charge in [-0.15, -0.1) is 0 Å². The number of halogens is 1. The first-order valence-electron chi connectivity index (χ1n) is 5.94. The maximum atomic E-state index is 11.9. The van der Waals surface area contributed by atoms with Crippen LogP contribution in [-0.4, -0.2) is 27.8 Å². The monoisotopic (exact) mass is 306 g/mol. The Hall–Kier alpha value is -0.980. The van der Waals surface area contributed by atoms with E-state index in [9.17, 15) is 8.42 Å². The van der Waals surface area contributed by atoms with Gasteiger partial charge in [0.25, 0.3) is 0 Å². The quantitative estimate of drug-likeness (QED) is 0.756. The highest BCUT2D eigenvalue weighted by Gasteiger charge is 2.14. The highest BCUT2D eigenvalue weighted by molar-refractivity contribution is 7.92. The fraction of sp³-hybridized carbons (Fsp3) is 0.500. The van der Waals surface area contributed by atoms with Gasteiger partial charge in [-0.05, 0) is 37.9 Å². The van der Waals surface area contributed by atoms with Crippen molar-refractivity contribution in [3.05, 3.63) is 22.7 Å². The van der Waals surface area contributed by atoms with Gasteiger partial charge >= 0.3 is 0 Å². The highest BCUT2D eigenvalue weighted by Crippen LogP contribution is 2.31. The van der Waals surface area contributed by atoms with Gasteiger partial charge in [0.15, 0.2) is 0 Å². The minimum atomic E-state index is -3.40. The standard InChI is InChI=1S/C12H19ClN2O3S/c1-9-7-11(12(18-2)8-10(9)13)15-19(16,17)6-4-3-5-14/h7-8,15H,3-6,14H2,1-2H3. The van der Waals surface area contributed by atoms with Crippen LogP contribution < -0.4 is 15.2 Å². The Balaban J connectivity index is 2.89. The molecule has 0 saturated carbocycles. The normalized spacial score (nSPS) is 11.4. The van der Waals surface area contributed by atoms with E-state index < -0.39 is 10.0 Å². The van der Waals surface area contributed by atoms with Gasteiger partial charge in [0.1, 0.15) is 5.75 Å². The Kier molecular flexibility index (Phi) is 5.90. The van der Waals surface area contributed by atoms with Crippen molar-refractivity contribution in [2.45, 2.75) is 19.8 Å². The molecule has 1 rings (SSSR count). The third-order valence-corrected chi connectivity index (χ3v) is 4.38. The van der Waals surface area contributed by atoms with Gasteiger partial charge in [-0.2, -0.15) is 0 Å². The Labute approximate surface area is 119 Å². The Bertz CT molecular complexity index is 532. The van der Waals surface area contributed by atoms with Gasteiger partial charge in [-0.1, -0.05) is 11.6 Å². The number of nitrogens with two attached hydrogens (primary N) is 1. The van der Waals surface area contributed by atoms with Crippen molar-refractivity contribution < 1.29 is 13.2 Å². The van der Waals surface area contributed by atoms with Crippen molar-refractivity contribution in [2.75, 3.05) is 24.1 Å². The Morgan fingerprint density at radius 1 is 1.37 bits per heavy atom. The molecule has 0 aliphatic heterocycles. The Morgan fingerprint density at radius 2 is 2.05 bits per heavy atom. The van der Waals surface area contributed by atoms with Gasteiger partial charge in [0.2, 0.25) is 10.0 Å². The van der Waals surface area contributed by atoms with Crippen LogP contribution in [0.2, 0.25) is 5.02 Å². The van der Waals surface area contributed by atoms with Crippen LogP contribution in [0, 0.1) is 6.92 Å². The van der Waals surface area contributed by atoms with Gasteiger partial charge < -0.3 is 10.5 Å². The van der Waals surface area contributed by atoms with E-state index in [1.807, 2.05) is 0 Å². The zero-order chi connectivity index (χ0) is 14.5. The van der Waals surface area contributed by atoms with E-state index in [-0.39, 0.29) is 5.75 Å². The smallest absolute Gasteiger partial charge is 0.232 e. The lowest BCUT2D eigenvalue weighted by molar-refractivity contribution is 0.417. The second kappa shape index (κ2) is 6.98. The molecular weight excluding hydrogens is 288 g/mol. The first-order chi connectivity index (χ1) is 8.89. The van der Waals surface area contributed by atoms with Crippen LogP contribution in [0.15, 0.2) is 12.1 Å². The molecule has 0 fully saturated rings. The summed E-state index contributed by atoms with van der Waals surface area (Å²) in [5.41, 5.74) is 6.52. The predicted octanol–water partition coefficient (Wildman–Crippen LogP) is 2.14. The van der Waals surface area contributed by atoms with Crippen molar-refractivity contribution in [2.24, 2.45) is 5.73 Å². The summed E-state index contributed by atoms with van der Waals surface area (Å²) >= 11 is 5.97. The van der Waals surface area contributed by atoms with Crippen LogP contribution in [0.1, 0.15) is 18.4 Å². The molecule has 0 amide bonds. The molecule has 0 atom stereocenters. The van der Waals surface area contributed by atoms with Gasteiger partial charge in [0.05, 0.1) is 18.6 Å². The molecule has 0 unspecified atom stereocenters. The van der Waals surface area contributed by atoms with Crippen LogP contribution in [0.4, 0.5) is 5.69 Å². The van der Waals surface area contributed by atoms with E-state index in [1.165, 1.54) is 7.11 Å². The molecule has 0 heterocycles. The summed E-state index contributed by atoms with van der Waals surface area (Å²) in [7, 11) is -1.93. The second-order valence-electron chi connectivity index (χ2n) is 4.22. The predicted molar refractivity (Wildman–Crippen MR) is 78.4 cm³/mol. The number of rotatable bonds is 7. The summed E-state index contributed by atoms with van der Waals surface area (Å²) in [6.07, 6.45) is 1.21. The van der Waals surface area contributed by atoms with Crippen LogP contribution in [0.5, 0.6) is 5.75 Å².